The molecule has 0 saturated heterocycles. The lowest BCUT2D eigenvalue weighted by Crippen LogP contribution is -1.99. The van der Waals surface area contributed by atoms with E-state index in [-0.39, 0.29) is 5.82 Å². The summed E-state index contributed by atoms with van der Waals surface area (Å²) in [5.74, 6) is -0.274. The Hall–Kier alpha value is -1.67. The minimum Gasteiger partial charge on any atom is -0.388 e. The summed E-state index contributed by atoms with van der Waals surface area (Å²) in [6.07, 6.45) is 0.931. The van der Waals surface area contributed by atoms with Crippen LogP contribution in [0.15, 0.2) is 48.5 Å². The van der Waals surface area contributed by atoms with Crippen molar-refractivity contribution in [2.45, 2.75) is 25.9 Å². The van der Waals surface area contributed by atoms with Gasteiger partial charge in [0.1, 0.15) is 5.82 Å². The topological polar surface area (TPSA) is 20.2 Å². The average molecular weight is 244 g/mol. The van der Waals surface area contributed by atoms with Gasteiger partial charge >= 0.3 is 0 Å². The maximum absolute atomic E-state index is 12.8. The molecule has 2 heteroatoms. The van der Waals surface area contributed by atoms with Crippen molar-refractivity contribution in [1.29, 1.82) is 0 Å². The number of aliphatic hydroxyl groups is 1. The standard InChI is InChI=1S/C16H17FO/c1-12-2-4-13(5-3-12)6-11-16(18)14-7-9-15(17)10-8-14/h2-5,7-10,16,18H,6,11H2,1H3. The fraction of sp³-hybridized carbons (Fsp3) is 0.250. The Morgan fingerprint density at radius 1 is 1.00 bits per heavy atom. The Balaban J connectivity index is 1.93. The molecule has 18 heavy (non-hydrogen) atoms. The summed E-state index contributed by atoms with van der Waals surface area (Å²) in [6.45, 7) is 2.05. The molecule has 1 nitrogen and oxygen atoms in total. The molecule has 2 aromatic carbocycles. The molecule has 0 radical (unpaired) electrons. The third kappa shape index (κ3) is 3.41. The van der Waals surface area contributed by atoms with Crippen LogP contribution in [-0.4, -0.2) is 5.11 Å². The quantitative estimate of drug-likeness (QED) is 0.867. The molecule has 0 saturated carbocycles. The van der Waals surface area contributed by atoms with E-state index in [1.165, 1.54) is 23.3 Å². The van der Waals surface area contributed by atoms with Crippen LogP contribution in [0.4, 0.5) is 4.39 Å². The number of halogens is 1. The van der Waals surface area contributed by atoms with Gasteiger partial charge in [-0.25, -0.2) is 4.39 Å². The molecular formula is C16H17FO. The van der Waals surface area contributed by atoms with E-state index in [2.05, 4.69) is 31.2 Å². The smallest absolute Gasteiger partial charge is 0.123 e. The second-order valence-corrected chi connectivity index (χ2v) is 4.59. The molecule has 0 fully saturated rings. The van der Waals surface area contributed by atoms with Crippen LogP contribution in [0.5, 0.6) is 0 Å². The Morgan fingerprint density at radius 2 is 1.61 bits per heavy atom. The average Bonchev–Trinajstić information content (AvgIpc) is 2.38. The molecule has 94 valence electrons. The van der Waals surface area contributed by atoms with E-state index >= 15 is 0 Å². The number of rotatable bonds is 4. The van der Waals surface area contributed by atoms with Crippen LogP contribution in [0, 0.1) is 12.7 Å². The van der Waals surface area contributed by atoms with E-state index in [1.54, 1.807) is 12.1 Å². The highest BCUT2D eigenvalue weighted by atomic mass is 19.1. The van der Waals surface area contributed by atoms with Gasteiger partial charge < -0.3 is 5.11 Å². The predicted molar refractivity (Wildman–Crippen MR) is 70.9 cm³/mol. The molecule has 1 unspecified atom stereocenters. The summed E-state index contributed by atoms with van der Waals surface area (Å²) < 4.78 is 12.8. The number of aliphatic hydroxyl groups excluding tert-OH is 1. The predicted octanol–water partition coefficient (Wildman–Crippen LogP) is 3.80. The molecular weight excluding hydrogens is 227 g/mol. The first-order chi connectivity index (χ1) is 8.65. The summed E-state index contributed by atoms with van der Waals surface area (Å²) in [6, 6.07) is 14.3. The fourth-order valence-corrected chi connectivity index (χ4v) is 1.91. The minimum atomic E-state index is -0.535. The second-order valence-electron chi connectivity index (χ2n) is 4.59. The van der Waals surface area contributed by atoms with Crippen molar-refractivity contribution in [3.05, 3.63) is 71.0 Å². The maximum atomic E-state index is 12.8. The van der Waals surface area contributed by atoms with E-state index < -0.39 is 6.10 Å². The van der Waals surface area contributed by atoms with E-state index in [0.29, 0.717) is 6.42 Å². The molecule has 1 atom stereocenters. The van der Waals surface area contributed by atoms with Gasteiger partial charge in [0.2, 0.25) is 0 Å². The molecule has 0 heterocycles. The second kappa shape index (κ2) is 5.78. The van der Waals surface area contributed by atoms with Crippen LogP contribution in [-0.2, 0) is 6.42 Å². The highest BCUT2D eigenvalue weighted by Crippen LogP contribution is 2.19. The third-order valence-corrected chi connectivity index (χ3v) is 3.08. The molecule has 0 aromatic heterocycles. The Labute approximate surface area is 107 Å². The largest absolute Gasteiger partial charge is 0.388 e. The number of benzene rings is 2. The Morgan fingerprint density at radius 3 is 2.22 bits per heavy atom. The number of hydrogen-bond donors (Lipinski definition) is 1. The highest BCUT2D eigenvalue weighted by molar-refractivity contribution is 5.22. The van der Waals surface area contributed by atoms with E-state index in [4.69, 9.17) is 0 Å². The van der Waals surface area contributed by atoms with Gasteiger partial charge in [0.15, 0.2) is 0 Å². The fourth-order valence-electron chi connectivity index (χ4n) is 1.91. The molecule has 0 aliphatic rings. The highest BCUT2D eigenvalue weighted by Gasteiger charge is 2.07. The van der Waals surface area contributed by atoms with Crippen molar-refractivity contribution in [3.8, 4) is 0 Å². The van der Waals surface area contributed by atoms with Crippen LogP contribution in [0.1, 0.15) is 29.2 Å². The lowest BCUT2D eigenvalue weighted by molar-refractivity contribution is 0.168. The molecule has 0 bridgehead atoms. The number of hydrogen-bond acceptors (Lipinski definition) is 1. The lowest BCUT2D eigenvalue weighted by Gasteiger charge is -2.11. The first-order valence-corrected chi connectivity index (χ1v) is 6.14. The van der Waals surface area contributed by atoms with E-state index in [9.17, 15) is 9.50 Å². The number of aryl methyl sites for hydroxylation is 2. The van der Waals surface area contributed by atoms with Gasteiger partial charge in [-0.05, 0) is 43.0 Å². The zero-order valence-corrected chi connectivity index (χ0v) is 10.4. The van der Waals surface area contributed by atoms with Crippen molar-refractivity contribution >= 4 is 0 Å². The first kappa shape index (κ1) is 12.8. The molecule has 0 amide bonds. The van der Waals surface area contributed by atoms with E-state index in [0.717, 1.165) is 12.0 Å². The zero-order chi connectivity index (χ0) is 13.0. The molecule has 2 rings (SSSR count). The first-order valence-electron chi connectivity index (χ1n) is 6.14. The van der Waals surface area contributed by atoms with Gasteiger partial charge in [0.25, 0.3) is 0 Å². The summed E-state index contributed by atoms with van der Waals surface area (Å²) in [5.41, 5.74) is 3.21. The van der Waals surface area contributed by atoms with Gasteiger partial charge in [-0.1, -0.05) is 42.0 Å². The lowest BCUT2D eigenvalue weighted by atomic mass is 10.0. The Bertz CT molecular complexity index is 488. The maximum Gasteiger partial charge on any atom is 0.123 e. The van der Waals surface area contributed by atoms with Crippen LogP contribution in [0.3, 0.4) is 0 Å². The zero-order valence-electron chi connectivity index (χ0n) is 10.4. The summed E-state index contributed by atoms with van der Waals surface area (Å²) in [4.78, 5) is 0. The third-order valence-electron chi connectivity index (χ3n) is 3.08. The molecule has 0 aliphatic carbocycles. The van der Waals surface area contributed by atoms with Crippen molar-refractivity contribution in [1.82, 2.24) is 0 Å². The monoisotopic (exact) mass is 244 g/mol. The summed E-state index contributed by atoms with van der Waals surface area (Å²) >= 11 is 0. The van der Waals surface area contributed by atoms with E-state index in [1.807, 2.05) is 0 Å². The van der Waals surface area contributed by atoms with Crippen LogP contribution < -0.4 is 0 Å². The summed E-state index contributed by atoms with van der Waals surface area (Å²) in [7, 11) is 0. The van der Waals surface area contributed by atoms with Crippen LogP contribution >= 0.6 is 0 Å². The van der Waals surface area contributed by atoms with Crippen LogP contribution in [0.25, 0.3) is 0 Å². The molecule has 2 aromatic rings. The molecule has 1 N–H and O–H groups in total. The van der Waals surface area contributed by atoms with Crippen LogP contribution in [0.2, 0.25) is 0 Å². The Kier molecular flexibility index (Phi) is 4.11. The summed E-state index contributed by atoms with van der Waals surface area (Å²) in [5, 5.41) is 10.0. The van der Waals surface area contributed by atoms with Gasteiger partial charge in [-0.15, -0.1) is 0 Å². The van der Waals surface area contributed by atoms with Gasteiger partial charge in [0.05, 0.1) is 6.10 Å². The van der Waals surface area contributed by atoms with Gasteiger partial charge in [-0.2, -0.15) is 0 Å². The normalized spacial score (nSPS) is 12.4. The molecule has 0 spiro atoms. The van der Waals surface area contributed by atoms with Crippen molar-refractivity contribution in [2.24, 2.45) is 0 Å². The SMILES string of the molecule is Cc1ccc(CCC(O)c2ccc(F)cc2)cc1. The minimum absolute atomic E-state index is 0.274. The van der Waals surface area contributed by atoms with Crippen molar-refractivity contribution < 1.29 is 9.50 Å². The van der Waals surface area contributed by atoms with Crippen molar-refractivity contribution in [2.75, 3.05) is 0 Å². The van der Waals surface area contributed by atoms with Crippen molar-refractivity contribution in [3.63, 3.8) is 0 Å². The molecule has 0 aliphatic heterocycles. The van der Waals surface area contributed by atoms with Gasteiger partial charge in [-0.3, -0.25) is 0 Å². The van der Waals surface area contributed by atoms with Gasteiger partial charge in [0, 0.05) is 0 Å².